The van der Waals surface area contributed by atoms with Gasteiger partial charge in [0.25, 0.3) is 0 Å². The van der Waals surface area contributed by atoms with Crippen molar-refractivity contribution < 1.29 is 9.53 Å². The summed E-state index contributed by atoms with van der Waals surface area (Å²) in [5.41, 5.74) is 1.76. The predicted molar refractivity (Wildman–Crippen MR) is 94.3 cm³/mol. The van der Waals surface area contributed by atoms with Crippen LogP contribution in [0.3, 0.4) is 0 Å². The number of amides is 2. The van der Waals surface area contributed by atoms with Crippen LogP contribution in [0.25, 0.3) is 0 Å². The summed E-state index contributed by atoms with van der Waals surface area (Å²) in [5, 5.41) is 9.82. The van der Waals surface area contributed by atoms with Crippen molar-refractivity contribution in [2.75, 3.05) is 33.1 Å². The summed E-state index contributed by atoms with van der Waals surface area (Å²) in [4.78, 5) is 14.1. The van der Waals surface area contributed by atoms with Crippen LogP contribution in [0.4, 0.5) is 10.5 Å². The number of carbonyl (C=O) groups excluding carboxylic acids is 1. The lowest BCUT2D eigenvalue weighted by Gasteiger charge is -2.25. The molecule has 0 spiro atoms. The van der Waals surface area contributed by atoms with Gasteiger partial charge in [0, 0.05) is 19.3 Å². The van der Waals surface area contributed by atoms with Crippen molar-refractivity contribution in [2.45, 2.75) is 19.5 Å². The normalized spacial score (nSPS) is 12.0. The quantitative estimate of drug-likeness (QED) is 0.817. The summed E-state index contributed by atoms with van der Waals surface area (Å²) in [5.74, 6) is 0.802. The smallest absolute Gasteiger partial charge is 0.319 e. The number of aryl methyl sites for hydroxylation is 1. The Balaban J connectivity index is 1.96. The van der Waals surface area contributed by atoms with Crippen LogP contribution < -0.4 is 15.4 Å². The Morgan fingerprint density at radius 2 is 2.21 bits per heavy atom. The van der Waals surface area contributed by atoms with E-state index in [-0.39, 0.29) is 12.1 Å². The Bertz CT molecular complexity index is 669. The molecule has 2 rings (SSSR count). The molecule has 24 heavy (non-hydrogen) atoms. The number of nitrogens with zero attached hydrogens (tertiary/aromatic N) is 3. The number of carbonyl (C=O) groups is 1. The zero-order chi connectivity index (χ0) is 17.5. The van der Waals surface area contributed by atoms with E-state index in [1.54, 1.807) is 24.2 Å². The highest BCUT2D eigenvalue weighted by Gasteiger charge is 2.16. The fourth-order valence-electron chi connectivity index (χ4n) is 2.41. The van der Waals surface area contributed by atoms with Gasteiger partial charge < -0.3 is 20.3 Å². The fourth-order valence-corrected chi connectivity index (χ4v) is 2.41. The summed E-state index contributed by atoms with van der Waals surface area (Å²) in [6.07, 6.45) is 3.43. The molecule has 7 heteroatoms. The maximum atomic E-state index is 12.1. The standard InChI is InChI=1S/C17H25N5O2/c1-5-22-12-14(10-19-22)20-17(23)18-11-16(21(2)3)13-7-6-8-15(9-13)24-4/h6-10,12,16H,5,11H2,1-4H3,(H2,18,20,23)/t16-/m1/s1. The van der Waals surface area contributed by atoms with E-state index in [0.29, 0.717) is 12.2 Å². The van der Waals surface area contributed by atoms with Crippen LogP contribution in [0.5, 0.6) is 5.75 Å². The van der Waals surface area contributed by atoms with E-state index >= 15 is 0 Å². The molecule has 2 aromatic rings. The van der Waals surface area contributed by atoms with E-state index in [2.05, 4.69) is 20.6 Å². The molecule has 0 unspecified atom stereocenters. The molecule has 2 amide bonds. The number of nitrogens with one attached hydrogen (secondary N) is 2. The summed E-state index contributed by atoms with van der Waals surface area (Å²) in [6, 6.07) is 7.66. The molecular formula is C17H25N5O2. The Labute approximate surface area is 142 Å². The minimum atomic E-state index is -0.250. The van der Waals surface area contributed by atoms with E-state index in [0.717, 1.165) is 17.9 Å². The molecule has 1 heterocycles. The molecule has 1 aromatic heterocycles. The van der Waals surface area contributed by atoms with Crippen molar-refractivity contribution in [1.82, 2.24) is 20.0 Å². The second kappa shape index (κ2) is 8.35. The number of likely N-dealkylation sites (N-methyl/N-ethyl adjacent to an activating group) is 1. The highest BCUT2D eigenvalue weighted by molar-refractivity contribution is 5.88. The van der Waals surface area contributed by atoms with Crippen LogP contribution in [-0.2, 0) is 6.54 Å². The molecule has 0 radical (unpaired) electrons. The Kier molecular flexibility index (Phi) is 6.20. The van der Waals surface area contributed by atoms with Gasteiger partial charge in [-0.15, -0.1) is 0 Å². The highest BCUT2D eigenvalue weighted by Crippen LogP contribution is 2.22. The maximum absolute atomic E-state index is 12.1. The number of urea groups is 1. The molecular weight excluding hydrogens is 306 g/mol. The molecule has 1 aromatic carbocycles. The first-order chi connectivity index (χ1) is 11.5. The second-order valence-electron chi connectivity index (χ2n) is 5.68. The zero-order valence-corrected chi connectivity index (χ0v) is 14.6. The van der Waals surface area contributed by atoms with E-state index < -0.39 is 0 Å². The van der Waals surface area contributed by atoms with Crippen LogP contribution in [-0.4, -0.2) is 48.5 Å². The van der Waals surface area contributed by atoms with Gasteiger partial charge in [0.05, 0.1) is 25.0 Å². The predicted octanol–water partition coefficient (Wildman–Crippen LogP) is 2.34. The number of aromatic nitrogens is 2. The van der Waals surface area contributed by atoms with Crippen molar-refractivity contribution in [3.05, 3.63) is 42.2 Å². The molecule has 0 saturated heterocycles. The van der Waals surface area contributed by atoms with Crippen molar-refractivity contribution in [3.8, 4) is 5.75 Å². The van der Waals surface area contributed by atoms with E-state index in [1.807, 2.05) is 45.3 Å². The lowest BCUT2D eigenvalue weighted by molar-refractivity contribution is 0.243. The van der Waals surface area contributed by atoms with Crippen LogP contribution in [0, 0.1) is 0 Å². The van der Waals surface area contributed by atoms with Gasteiger partial charge in [-0.1, -0.05) is 12.1 Å². The third-order valence-corrected chi connectivity index (χ3v) is 3.77. The molecule has 0 fully saturated rings. The Hall–Kier alpha value is -2.54. The van der Waals surface area contributed by atoms with Gasteiger partial charge in [-0.3, -0.25) is 4.68 Å². The van der Waals surface area contributed by atoms with Gasteiger partial charge >= 0.3 is 6.03 Å². The number of methoxy groups -OCH3 is 1. The number of rotatable bonds is 7. The number of anilines is 1. The summed E-state index contributed by atoms with van der Waals surface area (Å²) < 4.78 is 7.03. The van der Waals surface area contributed by atoms with Crippen LogP contribution in [0.15, 0.2) is 36.7 Å². The summed E-state index contributed by atoms with van der Waals surface area (Å²) in [6.45, 7) is 3.24. The van der Waals surface area contributed by atoms with Gasteiger partial charge in [0.2, 0.25) is 0 Å². The van der Waals surface area contributed by atoms with Gasteiger partial charge in [-0.25, -0.2) is 4.79 Å². The van der Waals surface area contributed by atoms with Crippen molar-refractivity contribution >= 4 is 11.7 Å². The third-order valence-electron chi connectivity index (χ3n) is 3.77. The number of hydrogen-bond acceptors (Lipinski definition) is 4. The summed E-state index contributed by atoms with van der Waals surface area (Å²) >= 11 is 0. The van der Waals surface area contributed by atoms with Crippen molar-refractivity contribution in [1.29, 1.82) is 0 Å². The minimum absolute atomic E-state index is 0.0456. The molecule has 0 aliphatic rings. The first kappa shape index (κ1) is 17.8. The fraction of sp³-hybridized carbons (Fsp3) is 0.412. The van der Waals surface area contributed by atoms with Crippen LogP contribution in [0.2, 0.25) is 0 Å². The largest absolute Gasteiger partial charge is 0.497 e. The maximum Gasteiger partial charge on any atom is 0.319 e. The lowest BCUT2D eigenvalue weighted by Crippen LogP contribution is -2.36. The molecule has 0 aliphatic carbocycles. The molecule has 0 aliphatic heterocycles. The topological polar surface area (TPSA) is 71.4 Å². The molecule has 130 valence electrons. The van der Waals surface area contributed by atoms with Gasteiger partial charge in [0.15, 0.2) is 0 Å². The first-order valence-corrected chi connectivity index (χ1v) is 7.91. The number of benzene rings is 1. The van der Waals surface area contributed by atoms with Crippen LogP contribution >= 0.6 is 0 Å². The minimum Gasteiger partial charge on any atom is -0.497 e. The lowest BCUT2D eigenvalue weighted by atomic mass is 10.1. The Morgan fingerprint density at radius 1 is 1.42 bits per heavy atom. The number of hydrogen-bond donors (Lipinski definition) is 2. The molecule has 0 saturated carbocycles. The highest BCUT2D eigenvalue weighted by atomic mass is 16.5. The van der Waals surface area contributed by atoms with E-state index in [9.17, 15) is 4.79 Å². The Morgan fingerprint density at radius 3 is 2.83 bits per heavy atom. The zero-order valence-electron chi connectivity index (χ0n) is 14.6. The second-order valence-corrected chi connectivity index (χ2v) is 5.68. The SMILES string of the molecule is CCn1cc(NC(=O)NC[C@H](c2cccc(OC)c2)N(C)C)cn1. The van der Waals surface area contributed by atoms with Crippen molar-refractivity contribution in [2.24, 2.45) is 0 Å². The van der Waals surface area contributed by atoms with Crippen molar-refractivity contribution in [3.63, 3.8) is 0 Å². The van der Waals surface area contributed by atoms with E-state index in [4.69, 9.17) is 4.74 Å². The van der Waals surface area contributed by atoms with Gasteiger partial charge in [-0.2, -0.15) is 5.10 Å². The third kappa shape index (κ3) is 4.73. The summed E-state index contributed by atoms with van der Waals surface area (Å²) in [7, 11) is 5.61. The molecule has 7 nitrogen and oxygen atoms in total. The average molecular weight is 331 g/mol. The van der Waals surface area contributed by atoms with Gasteiger partial charge in [-0.05, 0) is 38.7 Å². The monoisotopic (exact) mass is 331 g/mol. The molecule has 1 atom stereocenters. The first-order valence-electron chi connectivity index (χ1n) is 7.91. The molecule has 0 bridgehead atoms. The van der Waals surface area contributed by atoms with Gasteiger partial charge in [0.1, 0.15) is 5.75 Å². The molecule has 2 N–H and O–H groups in total. The average Bonchev–Trinajstić information content (AvgIpc) is 3.02. The number of ether oxygens (including phenoxy) is 1. The van der Waals surface area contributed by atoms with E-state index in [1.165, 1.54) is 0 Å². The van der Waals surface area contributed by atoms with Crippen LogP contribution in [0.1, 0.15) is 18.5 Å².